The summed E-state index contributed by atoms with van der Waals surface area (Å²) in [5, 5.41) is 11.5. The quantitative estimate of drug-likeness (QED) is 0.337. The minimum absolute atomic E-state index is 0.107. The lowest BCUT2D eigenvalue weighted by Crippen LogP contribution is -2.40. The van der Waals surface area contributed by atoms with E-state index in [1.54, 1.807) is 16.7 Å². The van der Waals surface area contributed by atoms with Gasteiger partial charge in [0.2, 0.25) is 5.91 Å². The molecule has 1 rings (SSSR count). The van der Waals surface area contributed by atoms with Crippen molar-refractivity contribution < 1.29 is 10.0 Å². The molecule has 0 radical (unpaired) electrons. The minimum atomic E-state index is 0.107. The molecule has 1 aliphatic heterocycles. The average molecular weight is 259 g/mol. The molecule has 17 heavy (non-hydrogen) atoms. The van der Waals surface area contributed by atoms with E-state index in [0.717, 1.165) is 18.6 Å². The largest absolute Gasteiger partial charge is 0.409 e. The van der Waals surface area contributed by atoms with Gasteiger partial charge in [-0.2, -0.15) is 0 Å². The Labute approximate surface area is 106 Å². The fourth-order valence-electron chi connectivity index (χ4n) is 1.86. The molecule has 1 unspecified atom stereocenters. The predicted octanol–water partition coefficient (Wildman–Crippen LogP) is 1.26. The van der Waals surface area contributed by atoms with Crippen LogP contribution in [0.25, 0.3) is 0 Å². The zero-order chi connectivity index (χ0) is 12.7. The Morgan fingerprint density at radius 3 is 2.88 bits per heavy atom. The summed E-state index contributed by atoms with van der Waals surface area (Å²) in [6, 6.07) is 0. The van der Waals surface area contributed by atoms with Crippen molar-refractivity contribution in [1.82, 2.24) is 4.90 Å². The molecule has 0 saturated carbocycles. The molecule has 0 aromatic carbocycles. The van der Waals surface area contributed by atoms with Crippen molar-refractivity contribution in [2.75, 3.05) is 18.8 Å². The lowest BCUT2D eigenvalue weighted by Gasteiger charge is -2.28. The second-order valence-corrected chi connectivity index (χ2v) is 5.43. The first kappa shape index (κ1) is 14.2. The summed E-state index contributed by atoms with van der Waals surface area (Å²) in [5.41, 5.74) is 5.41. The molecular weight excluding hydrogens is 238 g/mol. The Hall–Kier alpha value is -0.910. The van der Waals surface area contributed by atoms with Gasteiger partial charge in [-0.15, -0.1) is 11.8 Å². The zero-order valence-corrected chi connectivity index (χ0v) is 11.1. The number of carbonyl (C=O) groups excluding carboxylic acids is 1. The smallest absolute Gasteiger partial charge is 0.235 e. The second kappa shape index (κ2) is 7.42. The third kappa shape index (κ3) is 4.46. The van der Waals surface area contributed by atoms with Crippen LogP contribution in [0.2, 0.25) is 0 Å². The SMILES string of the molecule is CCN(CCC(N)=NO)C(=O)C1CCCCS1. The van der Waals surface area contributed by atoms with Gasteiger partial charge in [0, 0.05) is 19.5 Å². The molecule has 1 aliphatic rings. The van der Waals surface area contributed by atoms with Crippen LogP contribution in [-0.4, -0.2) is 45.9 Å². The molecule has 98 valence electrons. The summed E-state index contributed by atoms with van der Waals surface area (Å²) < 4.78 is 0. The number of nitrogens with zero attached hydrogens (tertiary/aromatic N) is 2. The summed E-state index contributed by atoms with van der Waals surface area (Å²) in [6.45, 7) is 3.16. The van der Waals surface area contributed by atoms with Crippen molar-refractivity contribution >= 4 is 23.5 Å². The predicted molar refractivity (Wildman–Crippen MR) is 70.4 cm³/mol. The maximum atomic E-state index is 12.2. The van der Waals surface area contributed by atoms with E-state index in [2.05, 4.69) is 5.16 Å². The Bertz CT molecular complexity index is 278. The number of oxime groups is 1. The molecule has 6 heteroatoms. The molecule has 0 aliphatic carbocycles. The Morgan fingerprint density at radius 2 is 2.35 bits per heavy atom. The highest BCUT2D eigenvalue weighted by atomic mass is 32.2. The fraction of sp³-hybridized carbons (Fsp3) is 0.818. The zero-order valence-electron chi connectivity index (χ0n) is 10.3. The number of thioether (sulfide) groups is 1. The van der Waals surface area contributed by atoms with Crippen molar-refractivity contribution in [3.05, 3.63) is 0 Å². The average Bonchev–Trinajstić information content (AvgIpc) is 2.39. The molecular formula is C11H21N3O2S. The summed E-state index contributed by atoms with van der Waals surface area (Å²) in [5.74, 6) is 1.45. The van der Waals surface area contributed by atoms with Gasteiger partial charge >= 0.3 is 0 Å². The van der Waals surface area contributed by atoms with Crippen LogP contribution < -0.4 is 5.73 Å². The summed E-state index contributed by atoms with van der Waals surface area (Å²) >= 11 is 1.75. The second-order valence-electron chi connectivity index (χ2n) is 4.11. The van der Waals surface area contributed by atoms with E-state index >= 15 is 0 Å². The molecule has 1 fully saturated rings. The van der Waals surface area contributed by atoms with Gasteiger partial charge < -0.3 is 15.8 Å². The number of hydrogen-bond acceptors (Lipinski definition) is 4. The summed E-state index contributed by atoms with van der Waals surface area (Å²) in [7, 11) is 0. The van der Waals surface area contributed by atoms with Crippen LogP contribution in [0.1, 0.15) is 32.6 Å². The maximum absolute atomic E-state index is 12.2. The number of nitrogens with two attached hydrogens (primary N) is 1. The standard InChI is InChI=1S/C11H21N3O2S/c1-2-14(7-6-10(12)13-16)11(15)9-5-3-4-8-17-9/h9,16H,2-8H2,1H3,(H2,12,13). The molecule has 5 nitrogen and oxygen atoms in total. The van der Waals surface area contributed by atoms with Gasteiger partial charge in [-0.3, -0.25) is 4.79 Å². The molecule has 0 aromatic heterocycles. The van der Waals surface area contributed by atoms with Crippen molar-refractivity contribution in [3.63, 3.8) is 0 Å². The van der Waals surface area contributed by atoms with Crippen LogP contribution in [0.3, 0.4) is 0 Å². The molecule has 0 aromatic rings. The van der Waals surface area contributed by atoms with E-state index in [-0.39, 0.29) is 17.0 Å². The van der Waals surface area contributed by atoms with E-state index in [4.69, 9.17) is 10.9 Å². The Kier molecular flexibility index (Phi) is 6.18. The summed E-state index contributed by atoms with van der Waals surface area (Å²) in [6.07, 6.45) is 3.75. The van der Waals surface area contributed by atoms with Crippen molar-refractivity contribution in [3.8, 4) is 0 Å². The van der Waals surface area contributed by atoms with Crippen molar-refractivity contribution in [2.24, 2.45) is 10.9 Å². The van der Waals surface area contributed by atoms with E-state index in [0.29, 0.717) is 19.5 Å². The first-order chi connectivity index (χ1) is 8.19. The van der Waals surface area contributed by atoms with Gasteiger partial charge in [-0.1, -0.05) is 11.6 Å². The van der Waals surface area contributed by atoms with Gasteiger partial charge in [-0.25, -0.2) is 0 Å². The number of carbonyl (C=O) groups is 1. The number of amidine groups is 1. The fourth-order valence-corrected chi connectivity index (χ4v) is 3.14. The maximum Gasteiger partial charge on any atom is 0.235 e. The van der Waals surface area contributed by atoms with Gasteiger partial charge in [-0.05, 0) is 25.5 Å². The van der Waals surface area contributed by atoms with E-state index in [9.17, 15) is 4.79 Å². The highest BCUT2D eigenvalue weighted by Gasteiger charge is 2.25. The first-order valence-electron chi connectivity index (χ1n) is 6.05. The van der Waals surface area contributed by atoms with Gasteiger partial charge in [0.05, 0.1) is 5.25 Å². The lowest BCUT2D eigenvalue weighted by molar-refractivity contribution is -0.130. The number of hydrogen-bond donors (Lipinski definition) is 2. The van der Waals surface area contributed by atoms with Crippen molar-refractivity contribution in [2.45, 2.75) is 37.9 Å². The molecule has 0 spiro atoms. The third-order valence-corrected chi connectivity index (χ3v) is 4.28. The third-order valence-electron chi connectivity index (χ3n) is 2.91. The Morgan fingerprint density at radius 1 is 1.59 bits per heavy atom. The highest BCUT2D eigenvalue weighted by Crippen LogP contribution is 2.26. The van der Waals surface area contributed by atoms with Crippen LogP contribution in [0.15, 0.2) is 5.16 Å². The van der Waals surface area contributed by atoms with Gasteiger partial charge in [0.25, 0.3) is 0 Å². The molecule has 1 saturated heterocycles. The van der Waals surface area contributed by atoms with E-state index in [1.165, 1.54) is 6.42 Å². The van der Waals surface area contributed by atoms with Crippen molar-refractivity contribution in [1.29, 1.82) is 0 Å². The molecule has 1 atom stereocenters. The van der Waals surface area contributed by atoms with Crippen LogP contribution in [0.4, 0.5) is 0 Å². The Balaban J connectivity index is 2.45. The monoisotopic (exact) mass is 259 g/mol. The molecule has 3 N–H and O–H groups in total. The first-order valence-corrected chi connectivity index (χ1v) is 7.10. The molecule has 1 heterocycles. The van der Waals surface area contributed by atoms with E-state index < -0.39 is 0 Å². The van der Waals surface area contributed by atoms with Crippen LogP contribution in [0.5, 0.6) is 0 Å². The topological polar surface area (TPSA) is 78.9 Å². The van der Waals surface area contributed by atoms with E-state index in [1.807, 2.05) is 6.92 Å². The van der Waals surface area contributed by atoms with Gasteiger partial charge in [0.15, 0.2) is 0 Å². The van der Waals surface area contributed by atoms with Crippen LogP contribution in [0, 0.1) is 0 Å². The lowest BCUT2D eigenvalue weighted by atomic mass is 10.1. The normalized spacial score (nSPS) is 21.2. The van der Waals surface area contributed by atoms with Crippen LogP contribution >= 0.6 is 11.8 Å². The van der Waals surface area contributed by atoms with Gasteiger partial charge in [0.1, 0.15) is 5.84 Å². The highest BCUT2D eigenvalue weighted by molar-refractivity contribution is 8.00. The summed E-state index contributed by atoms with van der Waals surface area (Å²) in [4.78, 5) is 14.0. The molecule has 0 bridgehead atoms. The minimum Gasteiger partial charge on any atom is -0.409 e. The number of amides is 1. The van der Waals surface area contributed by atoms with Crippen LogP contribution in [-0.2, 0) is 4.79 Å². The molecule has 1 amide bonds. The number of rotatable bonds is 5.